The van der Waals surface area contributed by atoms with E-state index in [1.165, 1.54) is 5.56 Å². The van der Waals surface area contributed by atoms with Gasteiger partial charge in [0.15, 0.2) is 0 Å². The zero-order valence-electron chi connectivity index (χ0n) is 12.5. The minimum atomic E-state index is -0.482. The van der Waals surface area contributed by atoms with Crippen molar-refractivity contribution < 1.29 is 9.84 Å². The second kappa shape index (κ2) is 8.31. The van der Waals surface area contributed by atoms with Gasteiger partial charge in [-0.05, 0) is 30.4 Å². The maximum Gasteiger partial charge on any atom is 0.0940 e. The Balaban J connectivity index is 2.54. The Morgan fingerprint density at radius 2 is 1.79 bits per heavy atom. The van der Waals surface area contributed by atoms with Crippen molar-refractivity contribution in [2.45, 2.75) is 39.3 Å². The first-order valence-electron chi connectivity index (χ1n) is 7.03. The fourth-order valence-electron chi connectivity index (χ4n) is 2.11. The van der Waals surface area contributed by atoms with Crippen LogP contribution in [0.1, 0.15) is 38.0 Å². The summed E-state index contributed by atoms with van der Waals surface area (Å²) in [5, 5.41) is 13.5. The van der Waals surface area contributed by atoms with Crippen molar-refractivity contribution in [2.24, 2.45) is 5.92 Å². The quantitative estimate of drug-likeness (QED) is 0.710. The lowest BCUT2D eigenvalue weighted by atomic mass is 9.98. The number of methoxy groups -OCH3 is 1. The van der Waals surface area contributed by atoms with Crippen LogP contribution in [0.4, 0.5) is 0 Å². The van der Waals surface area contributed by atoms with Crippen molar-refractivity contribution in [1.82, 2.24) is 5.32 Å². The van der Waals surface area contributed by atoms with E-state index in [9.17, 15) is 5.11 Å². The van der Waals surface area contributed by atoms with Crippen LogP contribution in [0.5, 0.6) is 0 Å². The number of aliphatic hydroxyl groups excluding tert-OH is 1. The molecule has 1 rings (SSSR count). The molecule has 0 bridgehead atoms. The number of nitrogens with one attached hydrogen (secondary N) is 1. The molecule has 0 aliphatic heterocycles. The van der Waals surface area contributed by atoms with E-state index in [4.69, 9.17) is 4.74 Å². The lowest BCUT2D eigenvalue weighted by molar-refractivity contribution is 0.126. The summed E-state index contributed by atoms with van der Waals surface area (Å²) in [6.07, 6.45) is 0.600. The highest BCUT2D eigenvalue weighted by Crippen LogP contribution is 2.18. The number of rotatable bonds is 8. The Kier molecular flexibility index (Phi) is 7.06. The molecule has 3 heteroatoms. The summed E-state index contributed by atoms with van der Waals surface area (Å²) in [5.41, 5.74) is 2.29. The Morgan fingerprint density at radius 1 is 1.16 bits per heavy atom. The van der Waals surface area contributed by atoms with Crippen molar-refractivity contribution in [2.75, 3.05) is 20.3 Å². The lowest BCUT2D eigenvalue weighted by Gasteiger charge is -2.21. The normalized spacial score (nSPS) is 14.6. The van der Waals surface area contributed by atoms with Gasteiger partial charge in [-0.1, -0.05) is 38.1 Å². The van der Waals surface area contributed by atoms with Gasteiger partial charge >= 0.3 is 0 Å². The standard InChI is InChI=1S/C16H27NO2/c1-12(2)11-14-5-7-15(8-6-14)16(18)13(3)17-9-10-19-4/h5-8,12-13,16-18H,9-11H2,1-4H3. The van der Waals surface area contributed by atoms with Crippen molar-refractivity contribution in [3.63, 3.8) is 0 Å². The van der Waals surface area contributed by atoms with Crippen LogP contribution < -0.4 is 5.32 Å². The molecular formula is C16H27NO2. The Hall–Kier alpha value is -0.900. The molecule has 1 aromatic carbocycles. The molecule has 19 heavy (non-hydrogen) atoms. The summed E-state index contributed by atoms with van der Waals surface area (Å²) >= 11 is 0. The summed E-state index contributed by atoms with van der Waals surface area (Å²) in [4.78, 5) is 0. The highest BCUT2D eigenvalue weighted by Gasteiger charge is 2.15. The van der Waals surface area contributed by atoms with Gasteiger partial charge in [-0.25, -0.2) is 0 Å². The van der Waals surface area contributed by atoms with Crippen molar-refractivity contribution in [1.29, 1.82) is 0 Å². The molecule has 2 unspecified atom stereocenters. The van der Waals surface area contributed by atoms with E-state index in [0.717, 1.165) is 18.5 Å². The first-order valence-corrected chi connectivity index (χ1v) is 7.03. The summed E-state index contributed by atoms with van der Waals surface area (Å²) in [5.74, 6) is 0.658. The van der Waals surface area contributed by atoms with Gasteiger partial charge in [-0.2, -0.15) is 0 Å². The van der Waals surface area contributed by atoms with Crippen LogP contribution in [0, 0.1) is 5.92 Å². The average Bonchev–Trinajstić information content (AvgIpc) is 2.38. The van der Waals surface area contributed by atoms with E-state index in [-0.39, 0.29) is 6.04 Å². The van der Waals surface area contributed by atoms with Gasteiger partial charge in [0.1, 0.15) is 0 Å². The summed E-state index contributed by atoms with van der Waals surface area (Å²) < 4.78 is 4.99. The summed E-state index contributed by atoms with van der Waals surface area (Å²) in [6, 6.07) is 8.29. The summed E-state index contributed by atoms with van der Waals surface area (Å²) in [7, 11) is 1.68. The Labute approximate surface area is 117 Å². The van der Waals surface area contributed by atoms with Gasteiger partial charge in [0.2, 0.25) is 0 Å². The molecule has 2 N–H and O–H groups in total. The number of ether oxygens (including phenoxy) is 1. The van der Waals surface area contributed by atoms with Crippen LogP contribution in [0.15, 0.2) is 24.3 Å². The van der Waals surface area contributed by atoms with Crippen LogP contribution in [-0.4, -0.2) is 31.4 Å². The van der Waals surface area contributed by atoms with E-state index < -0.39 is 6.10 Å². The maximum atomic E-state index is 10.3. The second-order valence-electron chi connectivity index (χ2n) is 5.52. The smallest absolute Gasteiger partial charge is 0.0940 e. The third-order valence-corrected chi connectivity index (χ3v) is 3.21. The van der Waals surface area contributed by atoms with Gasteiger partial charge in [-0.15, -0.1) is 0 Å². The van der Waals surface area contributed by atoms with E-state index in [0.29, 0.717) is 12.5 Å². The molecule has 0 spiro atoms. The van der Waals surface area contributed by atoms with Gasteiger partial charge in [0.05, 0.1) is 12.7 Å². The molecule has 0 aliphatic carbocycles. The molecule has 0 radical (unpaired) electrons. The fourth-order valence-corrected chi connectivity index (χ4v) is 2.11. The van der Waals surface area contributed by atoms with Gasteiger partial charge in [0.25, 0.3) is 0 Å². The monoisotopic (exact) mass is 265 g/mol. The predicted molar refractivity (Wildman–Crippen MR) is 79.3 cm³/mol. The molecule has 0 aliphatic rings. The van der Waals surface area contributed by atoms with Crippen molar-refractivity contribution in [3.8, 4) is 0 Å². The number of benzene rings is 1. The van der Waals surface area contributed by atoms with E-state index in [2.05, 4.69) is 31.3 Å². The third kappa shape index (κ3) is 5.72. The maximum absolute atomic E-state index is 10.3. The highest BCUT2D eigenvalue weighted by molar-refractivity contribution is 5.25. The average molecular weight is 265 g/mol. The van der Waals surface area contributed by atoms with Crippen LogP contribution in [0.3, 0.4) is 0 Å². The molecule has 3 nitrogen and oxygen atoms in total. The zero-order valence-corrected chi connectivity index (χ0v) is 12.5. The second-order valence-corrected chi connectivity index (χ2v) is 5.52. The van der Waals surface area contributed by atoms with Gasteiger partial charge < -0.3 is 15.2 Å². The minimum absolute atomic E-state index is 0.0195. The van der Waals surface area contributed by atoms with E-state index in [1.807, 2.05) is 19.1 Å². The van der Waals surface area contributed by atoms with E-state index >= 15 is 0 Å². The SMILES string of the molecule is COCCNC(C)C(O)c1ccc(CC(C)C)cc1. The lowest BCUT2D eigenvalue weighted by Crippen LogP contribution is -2.34. The highest BCUT2D eigenvalue weighted by atomic mass is 16.5. The minimum Gasteiger partial charge on any atom is -0.387 e. The Morgan fingerprint density at radius 3 is 2.32 bits per heavy atom. The van der Waals surface area contributed by atoms with Crippen LogP contribution in [-0.2, 0) is 11.2 Å². The van der Waals surface area contributed by atoms with Crippen molar-refractivity contribution >= 4 is 0 Å². The molecule has 2 atom stereocenters. The molecule has 0 amide bonds. The van der Waals surface area contributed by atoms with Gasteiger partial charge in [-0.3, -0.25) is 0 Å². The first-order chi connectivity index (χ1) is 9.04. The van der Waals surface area contributed by atoms with E-state index in [1.54, 1.807) is 7.11 Å². The molecule has 0 aromatic heterocycles. The number of hydrogen-bond acceptors (Lipinski definition) is 3. The molecule has 108 valence electrons. The van der Waals surface area contributed by atoms with Gasteiger partial charge in [0, 0.05) is 19.7 Å². The fraction of sp³-hybridized carbons (Fsp3) is 0.625. The van der Waals surface area contributed by atoms with Crippen LogP contribution in [0.2, 0.25) is 0 Å². The van der Waals surface area contributed by atoms with Crippen LogP contribution >= 0.6 is 0 Å². The zero-order chi connectivity index (χ0) is 14.3. The molecular weight excluding hydrogens is 238 g/mol. The first kappa shape index (κ1) is 16.2. The molecule has 1 aromatic rings. The largest absolute Gasteiger partial charge is 0.387 e. The molecule has 0 heterocycles. The summed E-state index contributed by atoms with van der Waals surface area (Å²) in [6.45, 7) is 7.82. The topological polar surface area (TPSA) is 41.5 Å². The molecule has 0 saturated carbocycles. The molecule has 0 fully saturated rings. The van der Waals surface area contributed by atoms with Crippen LogP contribution in [0.25, 0.3) is 0 Å². The molecule has 0 saturated heterocycles. The predicted octanol–water partition coefficient (Wildman–Crippen LogP) is 2.54. The van der Waals surface area contributed by atoms with Crippen molar-refractivity contribution in [3.05, 3.63) is 35.4 Å². The number of aliphatic hydroxyl groups is 1. The third-order valence-electron chi connectivity index (χ3n) is 3.21. The number of hydrogen-bond donors (Lipinski definition) is 2. The Bertz CT molecular complexity index is 348.